The fourth-order valence-corrected chi connectivity index (χ4v) is 3.98. The van der Waals surface area contributed by atoms with Crippen molar-refractivity contribution < 1.29 is 9.53 Å². The lowest BCUT2D eigenvalue weighted by Gasteiger charge is -2.14. The number of ether oxygens (including phenoxy) is 1. The summed E-state index contributed by atoms with van der Waals surface area (Å²) in [5.74, 6) is 0.295. The monoisotopic (exact) mass is 437 g/mol. The molecule has 0 aliphatic heterocycles. The van der Waals surface area contributed by atoms with E-state index in [2.05, 4.69) is 25.2 Å². The Hall–Kier alpha value is -2.29. The number of unbranched alkanes of at least 4 members (excludes halogenated alkanes) is 10. The van der Waals surface area contributed by atoms with E-state index in [1.165, 1.54) is 81.9 Å². The predicted molar refractivity (Wildman–Crippen MR) is 137 cm³/mol. The summed E-state index contributed by atoms with van der Waals surface area (Å²) in [6.45, 7) is 5.50. The Morgan fingerprint density at radius 1 is 0.750 bits per heavy atom. The van der Waals surface area contributed by atoms with E-state index in [0.717, 1.165) is 19.4 Å². The summed E-state index contributed by atoms with van der Waals surface area (Å²) in [6.07, 6.45) is 16.4. The number of anilines is 1. The maximum Gasteiger partial charge on any atom is 0.343 e. The molecule has 0 bridgehead atoms. The topological polar surface area (TPSA) is 38.3 Å². The molecule has 0 saturated carbocycles. The van der Waals surface area contributed by atoms with Crippen molar-refractivity contribution >= 4 is 11.7 Å². The third-order valence-corrected chi connectivity index (χ3v) is 5.94. The van der Waals surface area contributed by atoms with Gasteiger partial charge < -0.3 is 10.1 Å². The molecule has 0 aliphatic rings. The van der Waals surface area contributed by atoms with Crippen LogP contribution in [-0.4, -0.2) is 12.5 Å². The number of para-hydroxylation sites is 1. The lowest BCUT2D eigenvalue weighted by atomic mass is 10.0. The average Bonchev–Trinajstić information content (AvgIpc) is 2.82. The molecule has 2 aromatic rings. The highest BCUT2D eigenvalue weighted by atomic mass is 16.5. The van der Waals surface area contributed by atoms with E-state index in [1.54, 1.807) is 0 Å². The number of carbonyl (C=O) groups excluding carboxylic acids is 1. The van der Waals surface area contributed by atoms with Crippen LogP contribution in [0.4, 0.5) is 5.69 Å². The fraction of sp³-hybridized carbons (Fsp3) is 0.552. The quantitative estimate of drug-likeness (QED) is 0.153. The van der Waals surface area contributed by atoms with E-state index < -0.39 is 0 Å². The number of benzene rings is 2. The van der Waals surface area contributed by atoms with Crippen molar-refractivity contribution in [2.24, 2.45) is 0 Å². The lowest BCUT2D eigenvalue weighted by Crippen LogP contribution is -2.11. The number of rotatable bonds is 17. The Kier molecular flexibility index (Phi) is 13.3. The molecule has 0 heterocycles. The Morgan fingerprint density at radius 3 is 2.06 bits per heavy atom. The number of esters is 1. The second-order valence-electron chi connectivity index (χ2n) is 8.79. The van der Waals surface area contributed by atoms with E-state index in [1.807, 2.05) is 42.5 Å². The smallest absolute Gasteiger partial charge is 0.343 e. The molecule has 0 unspecified atom stereocenters. The minimum Gasteiger partial charge on any atom is -0.423 e. The minimum absolute atomic E-state index is 0.289. The van der Waals surface area contributed by atoms with Crippen LogP contribution in [0.2, 0.25) is 0 Å². The highest BCUT2D eigenvalue weighted by Crippen LogP contribution is 2.22. The second kappa shape index (κ2) is 16.4. The van der Waals surface area contributed by atoms with Crippen LogP contribution >= 0.6 is 0 Å². The Morgan fingerprint density at radius 2 is 1.38 bits per heavy atom. The van der Waals surface area contributed by atoms with Crippen molar-refractivity contribution in [2.75, 3.05) is 11.9 Å². The Balaban J connectivity index is 1.94. The maximum absolute atomic E-state index is 12.7. The zero-order chi connectivity index (χ0) is 22.9. The first-order valence-corrected chi connectivity index (χ1v) is 12.9. The van der Waals surface area contributed by atoms with Crippen molar-refractivity contribution in [3.63, 3.8) is 0 Å². The molecule has 0 radical (unpaired) electrons. The highest BCUT2D eigenvalue weighted by Gasteiger charge is 2.12. The first kappa shape index (κ1) is 26.0. The van der Waals surface area contributed by atoms with Crippen LogP contribution in [0.15, 0.2) is 48.5 Å². The van der Waals surface area contributed by atoms with E-state index >= 15 is 0 Å². The molecule has 0 amide bonds. The molecular weight excluding hydrogens is 394 g/mol. The molecule has 2 aromatic carbocycles. The van der Waals surface area contributed by atoms with Crippen molar-refractivity contribution in [1.82, 2.24) is 0 Å². The van der Waals surface area contributed by atoms with E-state index in [4.69, 9.17) is 4.74 Å². The van der Waals surface area contributed by atoms with Gasteiger partial charge in [-0.2, -0.15) is 0 Å². The zero-order valence-electron chi connectivity index (χ0n) is 20.3. The fourth-order valence-electron chi connectivity index (χ4n) is 3.98. The molecule has 0 aliphatic carbocycles. The van der Waals surface area contributed by atoms with Gasteiger partial charge in [-0.05, 0) is 55.2 Å². The van der Waals surface area contributed by atoms with Gasteiger partial charge >= 0.3 is 5.97 Å². The molecule has 32 heavy (non-hydrogen) atoms. The van der Waals surface area contributed by atoms with Crippen LogP contribution < -0.4 is 10.1 Å². The van der Waals surface area contributed by atoms with Gasteiger partial charge in [0, 0.05) is 12.2 Å². The van der Waals surface area contributed by atoms with E-state index in [9.17, 15) is 4.79 Å². The van der Waals surface area contributed by atoms with Gasteiger partial charge in [-0.1, -0.05) is 96.3 Å². The molecule has 2 rings (SSSR count). The molecule has 0 atom stereocenters. The second-order valence-corrected chi connectivity index (χ2v) is 8.79. The summed E-state index contributed by atoms with van der Waals surface area (Å²) in [6, 6.07) is 15.3. The third kappa shape index (κ3) is 10.3. The van der Waals surface area contributed by atoms with Gasteiger partial charge in [0.25, 0.3) is 0 Å². The van der Waals surface area contributed by atoms with Crippen molar-refractivity contribution in [1.29, 1.82) is 0 Å². The summed E-state index contributed by atoms with van der Waals surface area (Å²) in [7, 11) is 0. The van der Waals surface area contributed by atoms with Gasteiger partial charge in [0.15, 0.2) is 0 Å². The first-order chi connectivity index (χ1) is 15.7. The first-order valence-electron chi connectivity index (χ1n) is 12.9. The van der Waals surface area contributed by atoms with Crippen LogP contribution in [-0.2, 0) is 6.42 Å². The highest BCUT2D eigenvalue weighted by molar-refractivity contribution is 5.91. The minimum atomic E-state index is -0.289. The molecule has 0 saturated heterocycles. The normalized spacial score (nSPS) is 10.8. The summed E-state index contributed by atoms with van der Waals surface area (Å²) in [5, 5.41) is 3.63. The molecule has 0 aromatic heterocycles. The molecule has 0 fully saturated rings. The maximum atomic E-state index is 12.7. The number of aryl methyl sites for hydroxylation is 1. The standard InChI is InChI=1S/C29H43NO2/c1-3-5-7-9-11-14-18-25-24-26(29(31)32-27-19-15-13-16-20-27)21-22-28(25)30-23-17-12-10-8-6-4-2/h13,15-16,19-22,24,30H,3-12,14,17-18,23H2,1-2H3. The predicted octanol–water partition coefficient (Wildman–Crippen LogP) is 8.58. The van der Waals surface area contributed by atoms with Gasteiger partial charge in [0.1, 0.15) is 5.75 Å². The van der Waals surface area contributed by atoms with Crippen LogP contribution in [0.25, 0.3) is 0 Å². The number of nitrogens with one attached hydrogen (secondary N) is 1. The zero-order valence-corrected chi connectivity index (χ0v) is 20.3. The Labute approximate surface area is 196 Å². The lowest BCUT2D eigenvalue weighted by molar-refractivity contribution is 0.0734. The largest absolute Gasteiger partial charge is 0.423 e. The van der Waals surface area contributed by atoms with Gasteiger partial charge in [-0.25, -0.2) is 4.79 Å². The van der Waals surface area contributed by atoms with E-state index in [0.29, 0.717) is 11.3 Å². The number of carbonyl (C=O) groups is 1. The van der Waals surface area contributed by atoms with Crippen LogP contribution in [0.5, 0.6) is 5.75 Å². The number of hydrogen-bond donors (Lipinski definition) is 1. The number of hydrogen-bond acceptors (Lipinski definition) is 3. The summed E-state index contributed by atoms with van der Waals surface area (Å²) >= 11 is 0. The van der Waals surface area contributed by atoms with Crippen LogP contribution in [0.3, 0.4) is 0 Å². The SMILES string of the molecule is CCCCCCCCNc1ccc(C(=O)Oc2ccccc2)cc1CCCCCCCC. The van der Waals surface area contributed by atoms with Crippen LogP contribution in [0, 0.1) is 0 Å². The molecule has 0 spiro atoms. The molecule has 3 heteroatoms. The van der Waals surface area contributed by atoms with Crippen molar-refractivity contribution in [3.8, 4) is 5.75 Å². The van der Waals surface area contributed by atoms with Crippen molar-refractivity contribution in [2.45, 2.75) is 97.3 Å². The summed E-state index contributed by atoms with van der Waals surface area (Å²) < 4.78 is 5.55. The van der Waals surface area contributed by atoms with Crippen molar-refractivity contribution in [3.05, 3.63) is 59.7 Å². The summed E-state index contributed by atoms with van der Waals surface area (Å²) in [5.41, 5.74) is 3.03. The van der Waals surface area contributed by atoms with Gasteiger partial charge in [0.05, 0.1) is 5.56 Å². The molecule has 1 N–H and O–H groups in total. The molecule has 176 valence electrons. The van der Waals surface area contributed by atoms with E-state index in [-0.39, 0.29) is 5.97 Å². The van der Waals surface area contributed by atoms with Gasteiger partial charge in [-0.3, -0.25) is 0 Å². The van der Waals surface area contributed by atoms with Gasteiger partial charge in [-0.15, -0.1) is 0 Å². The van der Waals surface area contributed by atoms with Crippen LogP contribution in [0.1, 0.15) is 107 Å². The van der Waals surface area contributed by atoms with Gasteiger partial charge in [0.2, 0.25) is 0 Å². The Bertz CT molecular complexity index is 757. The average molecular weight is 438 g/mol. The summed E-state index contributed by atoms with van der Waals surface area (Å²) in [4.78, 5) is 12.7. The molecule has 3 nitrogen and oxygen atoms in total. The molecular formula is C29H43NO2. The third-order valence-electron chi connectivity index (χ3n) is 5.94.